The molecule has 2 aromatic carbocycles. The number of halogens is 5. The molecule has 1 atom stereocenters. The molecule has 3 rings (SSSR count). The van der Waals surface area contributed by atoms with Gasteiger partial charge in [-0.25, -0.2) is 0 Å². The molecule has 1 aliphatic carbocycles. The molecular weight excluding hydrogens is 374 g/mol. The van der Waals surface area contributed by atoms with Crippen LogP contribution in [-0.2, 0) is 11.0 Å². The van der Waals surface area contributed by atoms with E-state index in [9.17, 15) is 18.0 Å². The zero-order chi connectivity index (χ0) is 18.4. The first-order chi connectivity index (χ1) is 11.7. The van der Waals surface area contributed by atoms with Crippen molar-refractivity contribution in [2.24, 2.45) is 5.73 Å². The highest BCUT2D eigenvalue weighted by atomic mass is 35.5. The summed E-state index contributed by atoms with van der Waals surface area (Å²) >= 11 is 12.2. The number of nitrogens with two attached hydrogens (primary N) is 1. The lowest BCUT2D eigenvalue weighted by molar-refractivity contribution is -0.137. The summed E-state index contributed by atoms with van der Waals surface area (Å²) in [6.45, 7) is 0. The highest BCUT2D eigenvalue weighted by Crippen LogP contribution is 2.43. The number of ketones is 1. The highest BCUT2D eigenvalue weighted by Gasteiger charge is 2.36. The summed E-state index contributed by atoms with van der Waals surface area (Å²) in [5, 5.41) is 0.554. The van der Waals surface area contributed by atoms with Crippen LogP contribution in [0.5, 0.6) is 0 Å². The number of allylic oxidation sites excluding steroid dienone is 2. The van der Waals surface area contributed by atoms with E-state index in [0.717, 1.165) is 12.1 Å². The van der Waals surface area contributed by atoms with Crippen LogP contribution >= 0.6 is 23.2 Å². The van der Waals surface area contributed by atoms with E-state index >= 15 is 0 Å². The number of benzene rings is 2. The lowest BCUT2D eigenvalue weighted by Crippen LogP contribution is -2.10. The minimum Gasteiger partial charge on any atom is -0.401 e. The molecule has 0 aliphatic heterocycles. The Hall–Kier alpha value is -1.98. The second kappa shape index (κ2) is 6.39. The summed E-state index contributed by atoms with van der Waals surface area (Å²) in [5.41, 5.74) is 6.16. The van der Waals surface area contributed by atoms with Crippen molar-refractivity contribution in [3.8, 4) is 0 Å². The number of carbonyl (C=O) groups excluding carboxylic acids is 1. The molecule has 0 heterocycles. The Bertz CT molecular complexity index is 890. The Morgan fingerprint density at radius 2 is 1.76 bits per heavy atom. The average molecular weight is 386 g/mol. The quantitative estimate of drug-likeness (QED) is 0.747. The molecule has 0 saturated carbocycles. The third-order valence-corrected chi connectivity index (χ3v) is 4.98. The average Bonchev–Trinajstić information content (AvgIpc) is 2.84. The SMILES string of the molecule is NC1=C(c2cccc(C(F)(F)F)c2)C(=O)C(c2cccc(Cl)c2Cl)C1. The summed E-state index contributed by atoms with van der Waals surface area (Å²) in [5.74, 6) is -1.02. The van der Waals surface area contributed by atoms with Crippen LogP contribution in [0.1, 0.15) is 29.0 Å². The molecule has 0 aromatic heterocycles. The van der Waals surface area contributed by atoms with Crippen molar-refractivity contribution >= 4 is 34.6 Å². The molecule has 0 bridgehead atoms. The molecule has 2 nitrogen and oxygen atoms in total. The van der Waals surface area contributed by atoms with Crippen LogP contribution in [0.3, 0.4) is 0 Å². The fourth-order valence-corrected chi connectivity index (χ4v) is 3.41. The predicted molar refractivity (Wildman–Crippen MR) is 91.4 cm³/mol. The zero-order valence-corrected chi connectivity index (χ0v) is 14.2. The maximum atomic E-state index is 12.9. The number of rotatable bonds is 2. The fraction of sp³-hybridized carbons (Fsp3) is 0.167. The van der Waals surface area contributed by atoms with E-state index in [2.05, 4.69) is 0 Å². The maximum Gasteiger partial charge on any atom is 0.416 e. The molecule has 2 aromatic rings. The molecule has 25 heavy (non-hydrogen) atoms. The van der Waals surface area contributed by atoms with Gasteiger partial charge in [0.1, 0.15) is 0 Å². The number of hydrogen-bond acceptors (Lipinski definition) is 2. The van der Waals surface area contributed by atoms with E-state index in [0.29, 0.717) is 10.6 Å². The standard InChI is InChI=1S/C18H12Cl2F3NO/c19-13-6-2-5-11(16(13)20)12-8-14(24)15(17(12)25)9-3-1-4-10(7-9)18(21,22)23/h1-7,12H,8,24H2. The van der Waals surface area contributed by atoms with Crippen LogP contribution < -0.4 is 5.73 Å². The summed E-state index contributed by atoms with van der Waals surface area (Å²) in [6.07, 6.45) is -4.31. The Kier molecular flexibility index (Phi) is 4.56. The van der Waals surface area contributed by atoms with E-state index in [1.165, 1.54) is 12.1 Å². The first kappa shape index (κ1) is 17.8. The van der Waals surface area contributed by atoms with Crippen LogP contribution in [-0.4, -0.2) is 5.78 Å². The molecule has 0 radical (unpaired) electrons. The highest BCUT2D eigenvalue weighted by molar-refractivity contribution is 6.43. The van der Waals surface area contributed by atoms with Gasteiger partial charge in [-0.1, -0.05) is 47.5 Å². The summed E-state index contributed by atoms with van der Waals surface area (Å²) in [6, 6.07) is 9.50. The van der Waals surface area contributed by atoms with Gasteiger partial charge in [0, 0.05) is 17.7 Å². The van der Waals surface area contributed by atoms with Gasteiger partial charge in [0.25, 0.3) is 0 Å². The van der Waals surface area contributed by atoms with Gasteiger partial charge in [-0.15, -0.1) is 0 Å². The van der Waals surface area contributed by atoms with E-state index in [1.807, 2.05) is 0 Å². The number of alkyl halides is 3. The van der Waals surface area contributed by atoms with Crippen molar-refractivity contribution in [2.75, 3.05) is 0 Å². The molecule has 1 aliphatic rings. The monoisotopic (exact) mass is 385 g/mol. The molecule has 0 amide bonds. The molecule has 0 fully saturated rings. The molecule has 2 N–H and O–H groups in total. The Morgan fingerprint density at radius 3 is 2.44 bits per heavy atom. The molecule has 0 spiro atoms. The van der Waals surface area contributed by atoms with Crippen molar-refractivity contribution in [1.29, 1.82) is 0 Å². The van der Waals surface area contributed by atoms with Gasteiger partial charge in [0.05, 0.1) is 21.5 Å². The Morgan fingerprint density at radius 1 is 1.08 bits per heavy atom. The van der Waals surface area contributed by atoms with Crippen LogP contribution in [0.15, 0.2) is 48.2 Å². The van der Waals surface area contributed by atoms with Crippen LogP contribution in [0.2, 0.25) is 10.0 Å². The summed E-state index contributed by atoms with van der Waals surface area (Å²) in [7, 11) is 0. The van der Waals surface area contributed by atoms with Crippen LogP contribution in [0.4, 0.5) is 13.2 Å². The zero-order valence-electron chi connectivity index (χ0n) is 12.7. The van der Waals surface area contributed by atoms with Crippen LogP contribution in [0.25, 0.3) is 5.57 Å². The normalized spacial score (nSPS) is 18.1. The van der Waals surface area contributed by atoms with E-state index in [4.69, 9.17) is 28.9 Å². The van der Waals surface area contributed by atoms with Gasteiger partial charge >= 0.3 is 6.18 Å². The molecule has 130 valence electrons. The largest absolute Gasteiger partial charge is 0.416 e. The molecule has 7 heteroatoms. The lowest BCUT2D eigenvalue weighted by atomic mass is 9.92. The Balaban J connectivity index is 2.01. The second-order valence-corrected chi connectivity index (χ2v) is 6.53. The van der Waals surface area contributed by atoms with Gasteiger partial charge in [0.2, 0.25) is 0 Å². The van der Waals surface area contributed by atoms with Crippen molar-refractivity contribution < 1.29 is 18.0 Å². The van der Waals surface area contributed by atoms with Crippen molar-refractivity contribution in [2.45, 2.75) is 18.5 Å². The Labute approximate surface area is 152 Å². The first-order valence-corrected chi connectivity index (χ1v) is 8.10. The third-order valence-electron chi connectivity index (χ3n) is 4.14. The maximum absolute atomic E-state index is 12.9. The fourth-order valence-electron chi connectivity index (χ4n) is 2.97. The van der Waals surface area contributed by atoms with Gasteiger partial charge in [-0.3, -0.25) is 4.79 Å². The van der Waals surface area contributed by atoms with Crippen LogP contribution in [0, 0.1) is 0 Å². The first-order valence-electron chi connectivity index (χ1n) is 7.34. The van der Waals surface area contributed by atoms with E-state index in [1.54, 1.807) is 18.2 Å². The predicted octanol–water partition coefficient (Wildman–Crippen LogP) is 5.44. The van der Waals surface area contributed by atoms with Gasteiger partial charge in [0.15, 0.2) is 5.78 Å². The molecule has 0 saturated heterocycles. The van der Waals surface area contributed by atoms with Gasteiger partial charge in [-0.05, 0) is 29.3 Å². The third kappa shape index (κ3) is 3.26. The van der Waals surface area contributed by atoms with Crippen molar-refractivity contribution in [3.63, 3.8) is 0 Å². The minimum absolute atomic E-state index is 0.104. The van der Waals surface area contributed by atoms with Crippen molar-refractivity contribution in [3.05, 3.63) is 74.9 Å². The topological polar surface area (TPSA) is 43.1 Å². The minimum atomic E-state index is -4.50. The second-order valence-electron chi connectivity index (χ2n) is 5.74. The number of Topliss-reactive ketones (excluding diaryl/α,β-unsaturated/α-hetero) is 1. The smallest absolute Gasteiger partial charge is 0.401 e. The molecule has 1 unspecified atom stereocenters. The summed E-state index contributed by atoms with van der Waals surface area (Å²) in [4.78, 5) is 12.8. The number of hydrogen-bond donors (Lipinski definition) is 1. The van der Waals surface area contributed by atoms with E-state index < -0.39 is 17.7 Å². The summed E-state index contributed by atoms with van der Waals surface area (Å²) < 4.78 is 38.8. The van der Waals surface area contributed by atoms with Gasteiger partial charge in [-0.2, -0.15) is 13.2 Å². The van der Waals surface area contributed by atoms with Gasteiger partial charge < -0.3 is 5.73 Å². The van der Waals surface area contributed by atoms with E-state index in [-0.39, 0.29) is 34.1 Å². The lowest BCUT2D eigenvalue weighted by Gasteiger charge is -2.13. The number of carbonyl (C=O) groups is 1. The molecular formula is C18H12Cl2F3NO. The van der Waals surface area contributed by atoms with Crippen molar-refractivity contribution in [1.82, 2.24) is 0 Å².